The van der Waals surface area contributed by atoms with E-state index in [2.05, 4.69) is 13.2 Å². The molecule has 3 saturated heterocycles. The molecule has 3 heterocycles. The van der Waals surface area contributed by atoms with Crippen molar-refractivity contribution in [3.8, 4) is 0 Å². The predicted octanol–water partition coefficient (Wildman–Crippen LogP) is 4.01. The Morgan fingerprint density at radius 1 is 1.28 bits per heavy atom. The molecule has 39 heavy (non-hydrogen) atoms. The largest absolute Gasteiger partial charge is 0.465 e. The maximum atomic E-state index is 14.6. The normalized spacial score (nSPS) is 31.8. The monoisotopic (exact) mass is 558 g/mol. The summed E-state index contributed by atoms with van der Waals surface area (Å²) in [5, 5.41) is 11.0. The SMILES string of the molecule is C=CCCOC(=O)[C@H]1[C@H]2C(=O)N([C@@H](CO)C(C)C)C(C(=O)N(CC=C)c3ccc(Cl)cc3)C23CC(C)[C@]1(C)O3. The lowest BCUT2D eigenvalue weighted by atomic mass is 9.62. The molecule has 3 fully saturated rings. The van der Waals surface area contributed by atoms with Crippen molar-refractivity contribution in [2.45, 2.75) is 63.8 Å². The van der Waals surface area contributed by atoms with Crippen LogP contribution in [0.25, 0.3) is 0 Å². The van der Waals surface area contributed by atoms with E-state index in [4.69, 9.17) is 21.1 Å². The number of fused-ring (bicyclic) bond motifs is 1. The number of ether oxygens (including phenoxy) is 2. The lowest BCUT2D eigenvalue weighted by Crippen LogP contribution is -2.60. The summed E-state index contributed by atoms with van der Waals surface area (Å²) in [6, 6.07) is 5.16. The van der Waals surface area contributed by atoms with Gasteiger partial charge in [0, 0.05) is 17.3 Å². The minimum absolute atomic E-state index is 0.122. The van der Waals surface area contributed by atoms with Crippen molar-refractivity contribution in [3.05, 3.63) is 54.6 Å². The maximum absolute atomic E-state index is 14.6. The summed E-state index contributed by atoms with van der Waals surface area (Å²) in [7, 11) is 0. The first kappa shape index (κ1) is 29.3. The molecule has 212 valence electrons. The summed E-state index contributed by atoms with van der Waals surface area (Å²) < 4.78 is 12.3. The van der Waals surface area contributed by atoms with Gasteiger partial charge in [0.05, 0.1) is 30.8 Å². The molecular formula is C30H39ClN2O6. The highest BCUT2D eigenvalue weighted by Gasteiger charge is 2.80. The Morgan fingerprint density at radius 3 is 2.51 bits per heavy atom. The molecule has 9 heteroatoms. The maximum Gasteiger partial charge on any atom is 0.312 e. The summed E-state index contributed by atoms with van der Waals surface area (Å²) in [6.07, 6.45) is 4.18. The van der Waals surface area contributed by atoms with Crippen LogP contribution in [0.15, 0.2) is 49.6 Å². The summed E-state index contributed by atoms with van der Waals surface area (Å²) in [4.78, 5) is 45.5. The van der Waals surface area contributed by atoms with Gasteiger partial charge in [-0.05, 0) is 55.9 Å². The van der Waals surface area contributed by atoms with Crippen LogP contribution in [0.4, 0.5) is 5.69 Å². The van der Waals surface area contributed by atoms with Crippen molar-refractivity contribution in [1.82, 2.24) is 4.90 Å². The molecule has 0 aromatic heterocycles. The van der Waals surface area contributed by atoms with Gasteiger partial charge in [0.25, 0.3) is 5.91 Å². The number of nitrogens with zero attached hydrogens (tertiary/aromatic N) is 2. The molecule has 0 saturated carbocycles. The van der Waals surface area contributed by atoms with Gasteiger partial charge >= 0.3 is 5.97 Å². The molecular weight excluding hydrogens is 520 g/mol. The molecule has 2 bridgehead atoms. The number of rotatable bonds is 11. The zero-order valence-electron chi connectivity index (χ0n) is 23.1. The molecule has 7 atom stereocenters. The lowest BCUT2D eigenvalue weighted by molar-refractivity contribution is -0.162. The van der Waals surface area contributed by atoms with E-state index >= 15 is 0 Å². The first-order chi connectivity index (χ1) is 18.5. The minimum Gasteiger partial charge on any atom is -0.465 e. The molecule has 1 spiro atoms. The quantitative estimate of drug-likeness (QED) is 0.250. The molecule has 2 amide bonds. The number of anilines is 1. The number of likely N-dealkylation sites (tertiary alicyclic amines) is 1. The van der Waals surface area contributed by atoms with Crippen LogP contribution in [0.1, 0.15) is 40.5 Å². The van der Waals surface area contributed by atoms with Crippen LogP contribution in [-0.2, 0) is 23.9 Å². The van der Waals surface area contributed by atoms with E-state index in [1.54, 1.807) is 41.3 Å². The van der Waals surface area contributed by atoms with Gasteiger partial charge in [-0.15, -0.1) is 13.2 Å². The number of carbonyl (C=O) groups excluding carboxylic acids is 3. The van der Waals surface area contributed by atoms with Crippen LogP contribution >= 0.6 is 11.6 Å². The molecule has 3 unspecified atom stereocenters. The van der Waals surface area contributed by atoms with Gasteiger partial charge in [-0.2, -0.15) is 0 Å². The molecule has 3 aliphatic heterocycles. The number of aliphatic hydroxyl groups excluding tert-OH is 1. The van der Waals surface area contributed by atoms with Crippen LogP contribution in [0.3, 0.4) is 0 Å². The number of carbonyl (C=O) groups is 3. The molecule has 4 rings (SSSR count). The van der Waals surface area contributed by atoms with E-state index < -0.39 is 41.1 Å². The highest BCUT2D eigenvalue weighted by Crippen LogP contribution is 2.66. The number of hydrogen-bond acceptors (Lipinski definition) is 6. The number of amides is 2. The number of halogens is 1. The van der Waals surface area contributed by atoms with E-state index in [9.17, 15) is 19.5 Å². The molecule has 3 aliphatic rings. The van der Waals surface area contributed by atoms with Gasteiger partial charge in [0.1, 0.15) is 17.6 Å². The Kier molecular flexibility index (Phi) is 8.31. The molecule has 8 nitrogen and oxygen atoms in total. The van der Waals surface area contributed by atoms with Gasteiger partial charge in [-0.3, -0.25) is 14.4 Å². The van der Waals surface area contributed by atoms with E-state index in [-0.39, 0.29) is 43.4 Å². The number of benzene rings is 1. The third-order valence-electron chi connectivity index (χ3n) is 8.84. The standard InChI is InChI=1S/C30H39ClN2O6/c1-7-9-15-38-28(37)24-23-26(35)33(22(17-34)18(3)4)25(30(23)16-19(5)29(24,6)39-30)27(36)32(14-8-2)21-12-10-20(31)11-13-21/h7-8,10-13,18-19,22-25,34H,1-2,9,14-17H2,3-6H3/t19?,22-,23-,24+,25?,29-,30?/m0/s1. The zero-order valence-corrected chi connectivity index (χ0v) is 23.9. The van der Waals surface area contributed by atoms with Crippen molar-refractivity contribution < 1.29 is 29.0 Å². The van der Waals surface area contributed by atoms with E-state index in [1.807, 2.05) is 27.7 Å². The first-order valence-electron chi connectivity index (χ1n) is 13.6. The van der Waals surface area contributed by atoms with Crippen LogP contribution in [0.5, 0.6) is 0 Å². The Labute approximate surface area is 235 Å². The second kappa shape index (κ2) is 11.1. The fourth-order valence-corrected chi connectivity index (χ4v) is 6.97. The molecule has 1 aromatic rings. The second-order valence-corrected chi connectivity index (χ2v) is 11.8. The average Bonchev–Trinajstić information content (AvgIpc) is 3.40. The first-order valence-corrected chi connectivity index (χ1v) is 13.9. The van der Waals surface area contributed by atoms with Crippen molar-refractivity contribution in [2.75, 3.05) is 24.7 Å². The lowest BCUT2D eigenvalue weighted by Gasteiger charge is -2.40. The van der Waals surface area contributed by atoms with Crippen molar-refractivity contribution >= 4 is 35.1 Å². The highest BCUT2D eigenvalue weighted by molar-refractivity contribution is 6.30. The van der Waals surface area contributed by atoms with Gasteiger partial charge in [0.2, 0.25) is 5.91 Å². The Bertz CT molecular complexity index is 1140. The Balaban J connectivity index is 1.85. The Hall–Kier alpha value is -2.68. The summed E-state index contributed by atoms with van der Waals surface area (Å²) in [5.41, 5.74) is -1.64. The summed E-state index contributed by atoms with van der Waals surface area (Å²) >= 11 is 6.11. The zero-order chi connectivity index (χ0) is 28.7. The van der Waals surface area contributed by atoms with Crippen LogP contribution in [-0.4, -0.2) is 70.8 Å². The second-order valence-electron chi connectivity index (χ2n) is 11.4. The third kappa shape index (κ3) is 4.60. The highest BCUT2D eigenvalue weighted by atomic mass is 35.5. The van der Waals surface area contributed by atoms with Crippen LogP contribution in [0, 0.1) is 23.7 Å². The molecule has 1 aromatic carbocycles. The van der Waals surface area contributed by atoms with Gasteiger partial charge in [-0.1, -0.05) is 44.5 Å². The van der Waals surface area contributed by atoms with Crippen molar-refractivity contribution in [2.24, 2.45) is 23.7 Å². The number of aliphatic hydroxyl groups is 1. The van der Waals surface area contributed by atoms with Gasteiger partial charge in [0.15, 0.2) is 0 Å². The summed E-state index contributed by atoms with van der Waals surface area (Å²) in [5.74, 6) is -3.30. The van der Waals surface area contributed by atoms with Crippen LogP contribution < -0.4 is 4.90 Å². The summed E-state index contributed by atoms with van der Waals surface area (Å²) in [6.45, 7) is 15.1. The predicted molar refractivity (Wildman–Crippen MR) is 149 cm³/mol. The van der Waals surface area contributed by atoms with E-state index in [0.717, 1.165) is 0 Å². The van der Waals surface area contributed by atoms with Crippen molar-refractivity contribution in [1.29, 1.82) is 0 Å². The molecule has 0 radical (unpaired) electrons. The fraction of sp³-hybridized carbons (Fsp3) is 0.567. The number of hydrogen-bond donors (Lipinski definition) is 1. The molecule has 0 aliphatic carbocycles. The van der Waals surface area contributed by atoms with E-state index in [1.165, 1.54) is 4.90 Å². The van der Waals surface area contributed by atoms with Gasteiger partial charge < -0.3 is 24.4 Å². The third-order valence-corrected chi connectivity index (χ3v) is 9.09. The van der Waals surface area contributed by atoms with Gasteiger partial charge in [-0.25, -0.2) is 0 Å². The Morgan fingerprint density at radius 2 is 1.95 bits per heavy atom. The van der Waals surface area contributed by atoms with Crippen molar-refractivity contribution in [3.63, 3.8) is 0 Å². The van der Waals surface area contributed by atoms with Crippen LogP contribution in [0.2, 0.25) is 5.02 Å². The average molecular weight is 559 g/mol. The smallest absolute Gasteiger partial charge is 0.312 e. The number of esters is 1. The minimum atomic E-state index is -1.25. The topological polar surface area (TPSA) is 96.4 Å². The molecule has 1 N–H and O–H groups in total. The van der Waals surface area contributed by atoms with E-state index in [0.29, 0.717) is 23.6 Å². The fourth-order valence-electron chi connectivity index (χ4n) is 6.84.